The van der Waals surface area contributed by atoms with Gasteiger partial charge in [-0.05, 0) is 18.2 Å². The van der Waals surface area contributed by atoms with Crippen LogP contribution in [0.5, 0.6) is 11.5 Å². The van der Waals surface area contributed by atoms with E-state index in [1.807, 2.05) is 30.5 Å². The minimum absolute atomic E-state index is 0.162. The number of nitrogens with zero attached hydrogens (tertiary/aromatic N) is 4. The van der Waals surface area contributed by atoms with E-state index in [-0.39, 0.29) is 12.0 Å². The Hall–Kier alpha value is -3.29. The van der Waals surface area contributed by atoms with E-state index in [1.54, 1.807) is 24.2 Å². The molecule has 1 aromatic carbocycles. The largest absolute Gasteiger partial charge is 0.486 e. The van der Waals surface area contributed by atoms with Gasteiger partial charge in [-0.2, -0.15) is 5.10 Å². The lowest BCUT2D eigenvalue weighted by Gasteiger charge is -2.29. The molecule has 1 atom stereocenters. The number of para-hydroxylation sites is 2. The van der Waals surface area contributed by atoms with E-state index >= 15 is 0 Å². The van der Waals surface area contributed by atoms with Gasteiger partial charge in [0.05, 0.1) is 18.8 Å². The number of aromatic nitrogens is 4. The van der Waals surface area contributed by atoms with Gasteiger partial charge in [0.15, 0.2) is 17.6 Å². The van der Waals surface area contributed by atoms with Gasteiger partial charge in [0.1, 0.15) is 18.1 Å². The van der Waals surface area contributed by atoms with Gasteiger partial charge >= 0.3 is 0 Å². The van der Waals surface area contributed by atoms with E-state index in [9.17, 15) is 4.79 Å². The zero-order valence-electron chi connectivity index (χ0n) is 16.8. The van der Waals surface area contributed by atoms with Crippen LogP contribution < -0.4 is 9.47 Å². The summed E-state index contributed by atoms with van der Waals surface area (Å²) in [5, 5.41) is 7.16. The second-order valence-corrected chi connectivity index (χ2v) is 7.53. The molecule has 0 fully saturated rings. The van der Waals surface area contributed by atoms with Crippen molar-refractivity contribution in [1.29, 1.82) is 0 Å². The van der Waals surface area contributed by atoms with Crippen LogP contribution in [-0.2, 0) is 6.54 Å². The number of aromatic amines is 1. The van der Waals surface area contributed by atoms with Gasteiger partial charge in [-0.15, -0.1) is 0 Å². The molecule has 0 bridgehead atoms. The second-order valence-electron chi connectivity index (χ2n) is 7.53. The second kappa shape index (κ2) is 7.98. The fourth-order valence-corrected chi connectivity index (χ4v) is 3.43. The number of carbonyl (C=O) groups is 1. The Morgan fingerprint density at radius 2 is 2.14 bits per heavy atom. The lowest BCUT2D eigenvalue weighted by atomic mass is 10.2. The fraction of sp³-hybridized carbons (Fsp3) is 0.381. The minimum Gasteiger partial charge on any atom is -0.486 e. The van der Waals surface area contributed by atoms with Gasteiger partial charge < -0.3 is 18.9 Å². The Morgan fingerprint density at radius 3 is 2.93 bits per heavy atom. The number of hydrogen-bond donors (Lipinski definition) is 1. The maximum absolute atomic E-state index is 12.8. The first-order valence-corrected chi connectivity index (χ1v) is 9.70. The molecule has 0 radical (unpaired) electrons. The molecule has 152 valence electrons. The summed E-state index contributed by atoms with van der Waals surface area (Å²) < 4.78 is 13.7. The predicted octanol–water partition coefficient (Wildman–Crippen LogP) is 2.69. The Bertz CT molecular complexity index is 994. The third-order valence-corrected chi connectivity index (χ3v) is 4.85. The van der Waals surface area contributed by atoms with Gasteiger partial charge in [0, 0.05) is 25.4 Å². The number of hydrogen-bond acceptors (Lipinski definition) is 5. The van der Waals surface area contributed by atoms with Crippen LogP contribution in [0.15, 0.2) is 42.7 Å². The van der Waals surface area contributed by atoms with E-state index < -0.39 is 0 Å². The number of ether oxygens (including phenoxy) is 2. The smallest absolute Gasteiger partial charge is 0.274 e. The first-order valence-electron chi connectivity index (χ1n) is 9.70. The van der Waals surface area contributed by atoms with Crippen molar-refractivity contribution < 1.29 is 14.3 Å². The number of nitrogens with one attached hydrogen (secondary N) is 1. The number of carbonyl (C=O) groups excluding carboxylic acids is 1. The summed E-state index contributed by atoms with van der Waals surface area (Å²) in [6.45, 7) is 5.61. The molecule has 29 heavy (non-hydrogen) atoms. The lowest BCUT2D eigenvalue weighted by molar-refractivity contribution is 0.0517. The highest BCUT2D eigenvalue weighted by atomic mass is 16.6. The van der Waals surface area contributed by atoms with E-state index in [1.165, 1.54) is 0 Å². The molecule has 1 aliphatic rings. The molecular weight excluding hydrogens is 370 g/mol. The highest BCUT2D eigenvalue weighted by molar-refractivity contribution is 5.92. The van der Waals surface area contributed by atoms with Crippen LogP contribution in [0.1, 0.15) is 41.8 Å². The zero-order valence-corrected chi connectivity index (χ0v) is 16.8. The molecule has 3 aromatic rings. The maximum atomic E-state index is 12.8. The molecule has 0 saturated heterocycles. The Balaban J connectivity index is 1.38. The Labute approximate surface area is 169 Å². The summed E-state index contributed by atoms with van der Waals surface area (Å²) in [6.07, 6.45) is 3.50. The van der Waals surface area contributed by atoms with Gasteiger partial charge in [-0.25, -0.2) is 4.98 Å². The SMILES string of the molecule is CC(C)c1nccn1Cc1cc(C(=O)N(C)CC2COc3ccccc3O2)n[nH]1. The molecule has 1 unspecified atom stereocenters. The minimum atomic E-state index is -0.225. The first-order chi connectivity index (χ1) is 14.0. The Morgan fingerprint density at radius 1 is 1.34 bits per heavy atom. The molecule has 3 heterocycles. The van der Waals surface area contributed by atoms with Gasteiger partial charge in [0.2, 0.25) is 0 Å². The van der Waals surface area contributed by atoms with Crippen molar-refractivity contribution in [2.75, 3.05) is 20.2 Å². The third-order valence-electron chi connectivity index (χ3n) is 4.85. The van der Waals surface area contributed by atoms with E-state index in [0.717, 1.165) is 17.3 Å². The molecule has 1 amide bonds. The fourth-order valence-electron chi connectivity index (χ4n) is 3.43. The zero-order chi connectivity index (χ0) is 20.4. The average molecular weight is 395 g/mol. The average Bonchev–Trinajstić information content (AvgIpc) is 3.37. The van der Waals surface area contributed by atoms with Crippen molar-refractivity contribution in [3.05, 3.63) is 59.9 Å². The summed E-state index contributed by atoms with van der Waals surface area (Å²) in [4.78, 5) is 18.8. The number of benzene rings is 1. The van der Waals surface area contributed by atoms with Crippen molar-refractivity contribution in [2.45, 2.75) is 32.4 Å². The highest BCUT2D eigenvalue weighted by Crippen LogP contribution is 2.31. The van der Waals surface area contributed by atoms with Crippen LogP contribution in [0.4, 0.5) is 0 Å². The van der Waals surface area contributed by atoms with Gasteiger partial charge in [-0.3, -0.25) is 9.89 Å². The van der Waals surface area contributed by atoms with Gasteiger partial charge in [0.25, 0.3) is 5.91 Å². The van der Waals surface area contributed by atoms with Crippen molar-refractivity contribution in [3.8, 4) is 11.5 Å². The third kappa shape index (κ3) is 4.11. The molecule has 1 N–H and O–H groups in total. The van der Waals surface area contributed by atoms with Crippen LogP contribution in [-0.4, -0.2) is 56.9 Å². The number of H-pyrrole nitrogens is 1. The van der Waals surface area contributed by atoms with Crippen LogP contribution in [0.25, 0.3) is 0 Å². The first kappa shape index (κ1) is 19.0. The molecule has 2 aromatic heterocycles. The predicted molar refractivity (Wildman–Crippen MR) is 107 cm³/mol. The summed E-state index contributed by atoms with van der Waals surface area (Å²) in [5.41, 5.74) is 1.23. The van der Waals surface area contributed by atoms with Crippen LogP contribution in [0.2, 0.25) is 0 Å². The maximum Gasteiger partial charge on any atom is 0.274 e. The van der Waals surface area contributed by atoms with E-state index in [0.29, 0.717) is 37.1 Å². The van der Waals surface area contributed by atoms with Crippen LogP contribution in [0, 0.1) is 0 Å². The van der Waals surface area contributed by atoms with Crippen molar-refractivity contribution in [2.24, 2.45) is 0 Å². The monoisotopic (exact) mass is 395 g/mol. The molecule has 0 saturated carbocycles. The number of likely N-dealkylation sites (N-methyl/N-ethyl adjacent to an activating group) is 1. The number of amides is 1. The van der Waals surface area contributed by atoms with Crippen LogP contribution in [0.3, 0.4) is 0 Å². The number of rotatable bonds is 6. The van der Waals surface area contributed by atoms with Crippen molar-refractivity contribution in [3.63, 3.8) is 0 Å². The Kier molecular flexibility index (Phi) is 5.24. The van der Waals surface area contributed by atoms with Crippen molar-refractivity contribution in [1.82, 2.24) is 24.6 Å². The summed E-state index contributed by atoms with van der Waals surface area (Å²) >= 11 is 0. The summed E-state index contributed by atoms with van der Waals surface area (Å²) in [5.74, 6) is 2.59. The molecule has 1 aliphatic heterocycles. The van der Waals surface area contributed by atoms with Crippen LogP contribution >= 0.6 is 0 Å². The lowest BCUT2D eigenvalue weighted by Crippen LogP contribution is -2.41. The summed E-state index contributed by atoms with van der Waals surface area (Å²) in [7, 11) is 1.74. The van der Waals surface area contributed by atoms with E-state index in [2.05, 4.69) is 33.6 Å². The topological polar surface area (TPSA) is 85.3 Å². The standard InChI is InChI=1S/C21H25N5O3/c1-14(2)20-22-8-9-26(20)11-15-10-17(24-23-15)21(27)25(3)12-16-13-28-18-6-4-5-7-19(18)29-16/h4-10,14,16H,11-13H2,1-3H3,(H,23,24). The molecule has 0 aliphatic carbocycles. The molecule has 8 nitrogen and oxygen atoms in total. The quantitative estimate of drug-likeness (QED) is 0.694. The molecule has 8 heteroatoms. The molecule has 4 rings (SSSR count). The highest BCUT2D eigenvalue weighted by Gasteiger charge is 2.25. The number of imidazole rings is 1. The van der Waals surface area contributed by atoms with Crippen molar-refractivity contribution >= 4 is 5.91 Å². The van der Waals surface area contributed by atoms with E-state index in [4.69, 9.17) is 9.47 Å². The van der Waals surface area contributed by atoms with Gasteiger partial charge in [-0.1, -0.05) is 26.0 Å². The normalized spacial score (nSPS) is 15.5. The number of fused-ring (bicyclic) bond motifs is 1. The molecular formula is C21H25N5O3. The summed E-state index contributed by atoms with van der Waals surface area (Å²) in [6, 6.07) is 9.33. The molecule has 0 spiro atoms.